The van der Waals surface area contributed by atoms with E-state index in [0.29, 0.717) is 17.5 Å². The Balaban J connectivity index is 1.74. The van der Waals surface area contributed by atoms with Crippen molar-refractivity contribution in [3.8, 4) is 5.75 Å². The minimum Gasteiger partial charge on any atom is -0.504 e. The fraction of sp³-hybridized carbons (Fsp3) is 0.556. The highest BCUT2D eigenvalue weighted by molar-refractivity contribution is 8.01. The summed E-state index contributed by atoms with van der Waals surface area (Å²) in [6, 6.07) is 0.105. The van der Waals surface area contributed by atoms with E-state index in [2.05, 4.69) is 4.99 Å². The van der Waals surface area contributed by atoms with Crippen LogP contribution in [0.4, 0.5) is 11.4 Å². The van der Waals surface area contributed by atoms with Gasteiger partial charge in [0.1, 0.15) is 33.8 Å². The maximum absolute atomic E-state index is 11.6. The van der Waals surface area contributed by atoms with Crippen LogP contribution in [-0.2, 0) is 5.41 Å². The Morgan fingerprint density at radius 1 is 1.28 bits per heavy atom. The van der Waals surface area contributed by atoms with Crippen molar-refractivity contribution >= 4 is 34.9 Å². The van der Waals surface area contributed by atoms with Gasteiger partial charge in [-0.25, -0.2) is 0 Å². The van der Waals surface area contributed by atoms with Crippen molar-refractivity contribution < 1.29 is 20.2 Å². The maximum atomic E-state index is 11.6. The summed E-state index contributed by atoms with van der Waals surface area (Å²) < 4.78 is 0. The molecule has 1 aromatic rings. The summed E-state index contributed by atoms with van der Waals surface area (Å²) >= 11 is 1.48. The van der Waals surface area contributed by atoms with Gasteiger partial charge in [-0.05, 0) is 12.0 Å². The SMILES string of the molecule is Oc1c2c3c4c5c1=N[C@@H]1C[C@@]56CC([C@H](O)C[C@]6(O)S1)[NH+]4CCC=3C=N2. The lowest BCUT2D eigenvalue weighted by molar-refractivity contribution is -0.872. The minimum absolute atomic E-state index is 0.0569. The molecule has 25 heavy (non-hydrogen) atoms. The second-order valence-corrected chi connectivity index (χ2v) is 9.79. The summed E-state index contributed by atoms with van der Waals surface area (Å²) in [5.41, 5.74) is 3.62. The van der Waals surface area contributed by atoms with Gasteiger partial charge in [0.25, 0.3) is 0 Å². The van der Waals surface area contributed by atoms with Gasteiger partial charge in [0.2, 0.25) is 0 Å². The largest absolute Gasteiger partial charge is 0.504 e. The number of aliphatic hydroxyl groups excluding tert-OH is 1. The van der Waals surface area contributed by atoms with E-state index in [1.165, 1.54) is 22.2 Å². The van der Waals surface area contributed by atoms with Gasteiger partial charge in [-0.1, -0.05) is 11.8 Å². The molecule has 0 amide bonds. The Hall–Kier alpha value is -1.41. The standard InChI is InChI=1S/C18H17N3O3S/c22-9-4-18(24)17-3-8(9)21-2-1-7-6-19-13-11(7)15(21)12(17)14(16(13)23)20-10(5-17)25-18/h6,8-10,22-24H,1-5H2/p+1/t8?,9-,10+,17+,18+/m1/s1. The zero-order valence-electron chi connectivity index (χ0n) is 13.5. The van der Waals surface area contributed by atoms with E-state index < -0.39 is 16.5 Å². The normalized spacial score (nSPS) is 46.4. The van der Waals surface area contributed by atoms with Crippen molar-refractivity contribution in [2.45, 2.75) is 53.6 Å². The van der Waals surface area contributed by atoms with Crippen molar-refractivity contribution in [1.29, 1.82) is 0 Å². The van der Waals surface area contributed by atoms with Crippen LogP contribution in [-0.4, -0.2) is 50.5 Å². The third kappa shape index (κ3) is 1.25. The molecule has 6 atom stereocenters. The monoisotopic (exact) mass is 356 g/mol. The van der Waals surface area contributed by atoms with Crippen LogP contribution < -0.4 is 15.5 Å². The summed E-state index contributed by atoms with van der Waals surface area (Å²) in [6.07, 6.45) is 4.24. The highest BCUT2D eigenvalue weighted by Gasteiger charge is 2.71. The topological polar surface area (TPSA) is 89.9 Å². The molecule has 7 heteroatoms. The quantitative estimate of drug-likeness (QED) is 0.437. The number of aliphatic imine (C=N–C) groups is 1. The van der Waals surface area contributed by atoms with E-state index in [4.69, 9.17) is 4.99 Å². The molecule has 1 saturated carbocycles. The predicted molar refractivity (Wildman–Crippen MR) is 92.2 cm³/mol. The average molecular weight is 356 g/mol. The van der Waals surface area contributed by atoms with E-state index in [1.54, 1.807) is 0 Å². The molecule has 1 aliphatic carbocycles. The number of phenolic OH excluding ortho intramolecular Hbond substituents is 1. The molecule has 5 aliphatic heterocycles. The number of hydrogen-bond acceptors (Lipinski definition) is 6. The molecule has 4 N–H and O–H groups in total. The van der Waals surface area contributed by atoms with Crippen LogP contribution >= 0.6 is 11.8 Å². The third-order valence-electron chi connectivity index (χ3n) is 7.40. The Morgan fingerprint density at radius 2 is 2.16 bits per heavy atom. The van der Waals surface area contributed by atoms with Crippen molar-refractivity contribution in [3.63, 3.8) is 0 Å². The number of aliphatic hydroxyl groups is 2. The first-order valence-electron chi connectivity index (χ1n) is 9.01. The predicted octanol–water partition coefficient (Wildman–Crippen LogP) is -1.26. The van der Waals surface area contributed by atoms with Gasteiger partial charge in [-0.15, -0.1) is 0 Å². The van der Waals surface area contributed by atoms with Crippen molar-refractivity contribution in [2.75, 3.05) is 6.54 Å². The molecular formula is C18H18N3O3S+. The van der Waals surface area contributed by atoms with Gasteiger partial charge >= 0.3 is 0 Å². The summed E-state index contributed by atoms with van der Waals surface area (Å²) in [5.74, 6) is 0.180. The van der Waals surface area contributed by atoms with Crippen LogP contribution in [0.5, 0.6) is 5.75 Å². The minimum atomic E-state index is -0.998. The van der Waals surface area contributed by atoms with E-state index >= 15 is 0 Å². The number of nitrogens with zero attached hydrogens (tertiary/aromatic N) is 2. The number of phenols is 1. The lowest BCUT2D eigenvalue weighted by Gasteiger charge is -2.55. The van der Waals surface area contributed by atoms with Crippen LogP contribution in [0.1, 0.15) is 31.2 Å². The summed E-state index contributed by atoms with van der Waals surface area (Å²) in [7, 11) is 0. The highest BCUT2D eigenvalue weighted by Crippen LogP contribution is 2.64. The number of aromatic hydroxyl groups is 1. The van der Waals surface area contributed by atoms with Crippen molar-refractivity contribution in [1.82, 2.24) is 0 Å². The number of thioether (sulfide) groups is 1. The molecule has 0 radical (unpaired) electrons. The fourth-order valence-electron chi connectivity index (χ4n) is 6.45. The van der Waals surface area contributed by atoms with Gasteiger partial charge in [0.15, 0.2) is 5.75 Å². The molecule has 1 spiro atoms. The molecule has 1 saturated heterocycles. The Kier molecular flexibility index (Phi) is 2.09. The number of benzene rings is 1. The molecular weight excluding hydrogens is 338 g/mol. The van der Waals surface area contributed by atoms with Gasteiger partial charge in [0.05, 0.1) is 28.1 Å². The van der Waals surface area contributed by atoms with Crippen LogP contribution in [0.15, 0.2) is 9.98 Å². The number of nitrogens with one attached hydrogen (secondary N) is 1. The summed E-state index contributed by atoms with van der Waals surface area (Å²) in [5, 5.41) is 35.0. The van der Waals surface area contributed by atoms with E-state index in [0.717, 1.165) is 42.3 Å². The lowest BCUT2D eigenvalue weighted by atomic mass is 9.58. The molecule has 1 aromatic carbocycles. The van der Waals surface area contributed by atoms with Gasteiger partial charge in [-0.3, -0.25) is 14.9 Å². The second kappa shape index (κ2) is 3.81. The first kappa shape index (κ1) is 13.7. The van der Waals surface area contributed by atoms with E-state index in [-0.39, 0.29) is 17.2 Å². The zero-order chi connectivity index (χ0) is 16.7. The first-order chi connectivity index (χ1) is 12.0. The molecule has 3 bridgehead atoms. The zero-order valence-corrected chi connectivity index (χ0v) is 14.3. The maximum Gasteiger partial charge on any atom is 0.168 e. The van der Waals surface area contributed by atoms with Crippen LogP contribution in [0.2, 0.25) is 0 Å². The Morgan fingerprint density at radius 3 is 3.04 bits per heavy atom. The van der Waals surface area contributed by atoms with Gasteiger partial charge in [-0.2, -0.15) is 0 Å². The Labute approximate surface area is 147 Å². The third-order valence-corrected chi connectivity index (χ3v) is 8.89. The molecule has 2 fully saturated rings. The smallest absolute Gasteiger partial charge is 0.168 e. The van der Waals surface area contributed by atoms with Crippen LogP contribution in [0, 0.1) is 0 Å². The first-order valence-corrected chi connectivity index (χ1v) is 9.89. The lowest BCUT2D eigenvalue weighted by Crippen LogP contribution is -3.16. The summed E-state index contributed by atoms with van der Waals surface area (Å²) in [4.78, 5) is 9.61. The van der Waals surface area contributed by atoms with Gasteiger partial charge < -0.3 is 15.3 Å². The van der Waals surface area contributed by atoms with Gasteiger partial charge in [0, 0.05) is 25.5 Å². The Bertz CT molecular complexity index is 1050. The van der Waals surface area contributed by atoms with Crippen molar-refractivity contribution in [3.05, 3.63) is 16.1 Å². The number of fused-ring (bicyclic) bond motifs is 3. The van der Waals surface area contributed by atoms with E-state index in [1.807, 2.05) is 6.21 Å². The molecule has 6 nitrogen and oxygen atoms in total. The fourth-order valence-corrected chi connectivity index (χ4v) is 8.19. The molecule has 0 aromatic heterocycles. The molecule has 6 aliphatic rings. The van der Waals surface area contributed by atoms with Crippen LogP contribution in [0.3, 0.4) is 0 Å². The number of hydrogen-bond donors (Lipinski definition) is 4. The second-order valence-electron chi connectivity index (χ2n) is 8.33. The van der Waals surface area contributed by atoms with Crippen LogP contribution in [0.25, 0.3) is 5.57 Å². The number of quaternary nitrogens is 1. The molecule has 2 unspecified atom stereocenters. The highest BCUT2D eigenvalue weighted by atomic mass is 32.2. The van der Waals surface area contributed by atoms with E-state index in [9.17, 15) is 15.3 Å². The number of rotatable bonds is 0. The summed E-state index contributed by atoms with van der Waals surface area (Å²) in [6.45, 7) is 0.928. The van der Waals surface area contributed by atoms with Crippen molar-refractivity contribution in [2.24, 2.45) is 9.98 Å². The average Bonchev–Trinajstić information content (AvgIpc) is 3.09. The molecule has 128 valence electrons. The molecule has 7 rings (SSSR count). The molecule has 5 heterocycles.